The molecule has 0 atom stereocenters. The van der Waals surface area contributed by atoms with E-state index in [0.29, 0.717) is 11.4 Å². The molecule has 0 aliphatic heterocycles. The maximum absolute atomic E-state index is 9.28. The number of nitriles is 1. The lowest BCUT2D eigenvalue weighted by Gasteiger charge is -2.10. The summed E-state index contributed by atoms with van der Waals surface area (Å²) in [5.41, 5.74) is 4.17. The molecule has 0 saturated heterocycles. The lowest BCUT2D eigenvalue weighted by Crippen LogP contribution is -2.01. The number of aromatic nitrogens is 3. The van der Waals surface area contributed by atoms with Gasteiger partial charge in [0.05, 0.1) is 11.2 Å². The first kappa shape index (κ1) is 13.1. The SMILES string of the molecule is Cc1ccc2nnc(C#N)c(Nc3c(C)noc3C)c2c1. The first-order valence-electron chi connectivity index (χ1n) is 6.47. The number of nitrogens with one attached hydrogen (secondary N) is 1. The Morgan fingerprint density at radius 2 is 1.95 bits per heavy atom. The molecule has 0 unspecified atom stereocenters. The average molecular weight is 279 g/mol. The maximum Gasteiger partial charge on any atom is 0.187 e. The van der Waals surface area contributed by atoms with E-state index in [9.17, 15) is 5.26 Å². The molecule has 6 heteroatoms. The Morgan fingerprint density at radius 1 is 1.14 bits per heavy atom. The molecule has 3 rings (SSSR count). The van der Waals surface area contributed by atoms with Crippen molar-refractivity contribution < 1.29 is 4.52 Å². The first-order valence-corrected chi connectivity index (χ1v) is 6.47. The molecule has 0 bridgehead atoms. The zero-order valence-electron chi connectivity index (χ0n) is 11.9. The van der Waals surface area contributed by atoms with Gasteiger partial charge in [-0.3, -0.25) is 0 Å². The molecule has 0 aliphatic rings. The number of benzene rings is 1. The Morgan fingerprint density at radius 3 is 2.62 bits per heavy atom. The molecule has 0 radical (unpaired) electrons. The third-order valence-corrected chi connectivity index (χ3v) is 3.31. The van der Waals surface area contributed by atoms with E-state index in [0.717, 1.165) is 27.8 Å². The van der Waals surface area contributed by atoms with Gasteiger partial charge in [-0.1, -0.05) is 16.8 Å². The van der Waals surface area contributed by atoms with Crippen LogP contribution in [0.1, 0.15) is 22.7 Å². The molecule has 0 fully saturated rings. The highest BCUT2D eigenvalue weighted by atomic mass is 16.5. The summed E-state index contributed by atoms with van der Waals surface area (Å²) >= 11 is 0. The number of anilines is 2. The molecule has 2 heterocycles. The van der Waals surface area contributed by atoms with E-state index in [4.69, 9.17) is 4.52 Å². The van der Waals surface area contributed by atoms with E-state index in [1.54, 1.807) is 0 Å². The summed E-state index contributed by atoms with van der Waals surface area (Å²) in [7, 11) is 0. The van der Waals surface area contributed by atoms with Crippen LogP contribution in [0.2, 0.25) is 0 Å². The maximum atomic E-state index is 9.28. The Balaban J connectivity index is 2.25. The molecular formula is C15H13N5O. The highest BCUT2D eigenvalue weighted by Gasteiger charge is 2.15. The van der Waals surface area contributed by atoms with Crippen LogP contribution in [-0.2, 0) is 0 Å². The lowest BCUT2D eigenvalue weighted by atomic mass is 10.1. The van der Waals surface area contributed by atoms with Gasteiger partial charge in [0.2, 0.25) is 0 Å². The van der Waals surface area contributed by atoms with Crippen molar-refractivity contribution in [2.75, 3.05) is 5.32 Å². The van der Waals surface area contributed by atoms with Crippen LogP contribution in [0.3, 0.4) is 0 Å². The molecular weight excluding hydrogens is 266 g/mol. The summed E-state index contributed by atoms with van der Waals surface area (Å²) in [5.74, 6) is 0.661. The fourth-order valence-electron chi connectivity index (χ4n) is 2.21. The molecule has 6 nitrogen and oxygen atoms in total. The zero-order valence-corrected chi connectivity index (χ0v) is 11.9. The predicted octanol–water partition coefficient (Wildman–Crippen LogP) is 3.16. The van der Waals surface area contributed by atoms with Gasteiger partial charge in [0.15, 0.2) is 11.5 Å². The summed E-state index contributed by atoms with van der Waals surface area (Å²) in [5, 5.41) is 25.3. The Labute approximate surface area is 121 Å². The summed E-state index contributed by atoms with van der Waals surface area (Å²) in [4.78, 5) is 0. The van der Waals surface area contributed by atoms with Crippen LogP contribution in [0.5, 0.6) is 0 Å². The lowest BCUT2D eigenvalue weighted by molar-refractivity contribution is 0.393. The first-order chi connectivity index (χ1) is 10.1. The number of aryl methyl sites for hydroxylation is 3. The molecule has 0 spiro atoms. The van der Waals surface area contributed by atoms with E-state index in [1.165, 1.54) is 0 Å². The molecule has 104 valence electrons. The minimum atomic E-state index is 0.244. The normalized spacial score (nSPS) is 10.6. The van der Waals surface area contributed by atoms with Gasteiger partial charge in [0, 0.05) is 5.39 Å². The monoisotopic (exact) mass is 279 g/mol. The van der Waals surface area contributed by atoms with Gasteiger partial charge in [-0.25, -0.2) is 0 Å². The second-order valence-electron chi connectivity index (χ2n) is 4.88. The van der Waals surface area contributed by atoms with Crippen molar-refractivity contribution in [1.29, 1.82) is 5.26 Å². The van der Waals surface area contributed by atoms with Crippen LogP contribution in [0.25, 0.3) is 10.9 Å². The summed E-state index contributed by atoms with van der Waals surface area (Å²) in [6.07, 6.45) is 0. The molecule has 21 heavy (non-hydrogen) atoms. The van der Waals surface area contributed by atoms with E-state index < -0.39 is 0 Å². The molecule has 3 aromatic rings. The van der Waals surface area contributed by atoms with Crippen LogP contribution < -0.4 is 5.32 Å². The number of hydrogen-bond acceptors (Lipinski definition) is 6. The van der Waals surface area contributed by atoms with E-state index in [-0.39, 0.29) is 5.69 Å². The number of nitrogens with zero attached hydrogens (tertiary/aromatic N) is 4. The van der Waals surface area contributed by atoms with Gasteiger partial charge in [0.25, 0.3) is 0 Å². The van der Waals surface area contributed by atoms with Crippen molar-refractivity contribution in [2.45, 2.75) is 20.8 Å². The molecule has 1 aromatic carbocycles. The van der Waals surface area contributed by atoms with Gasteiger partial charge < -0.3 is 9.84 Å². The second kappa shape index (κ2) is 4.87. The van der Waals surface area contributed by atoms with Crippen LogP contribution >= 0.6 is 0 Å². The average Bonchev–Trinajstić information content (AvgIpc) is 2.79. The van der Waals surface area contributed by atoms with Crippen LogP contribution in [0.15, 0.2) is 22.7 Å². The van der Waals surface area contributed by atoms with Crippen molar-refractivity contribution in [1.82, 2.24) is 15.4 Å². The van der Waals surface area contributed by atoms with Gasteiger partial charge in [0.1, 0.15) is 17.5 Å². The highest BCUT2D eigenvalue weighted by Crippen LogP contribution is 2.30. The van der Waals surface area contributed by atoms with Crippen molar-refractivity contribution in [3.05, 3.63) is 40.9 Å². The Hall–Kier alpha value is -2.94. The van der Waals surface area contributed by atoms with Gasteiger partial charge in [-0.15, -0.1) is 10.2 Å². The topological polar surface area (TPSA) is 87.6 Å². The standard InChI is InChI=1S/C15H13N5O/c1-8-4-5-12-11(6-8)15(13(7-16)19-18-12)17-14-9(2)20-21-10(14)3/h4-6H,1-3H3,(H,17,18). The molecule has 0 aliphatic carbocycles. The minimum Gasteiger partial charge on any atom is -0.359 e. The van der Waals surface area contributed by atoms with Gasteiger partial charge >= 0.3 is 0 Å². The van der Waals surface area contributed by atoms with Crippen molar-refractivity contribution in [3.8, 4) is 6.07 Å². The van der Waals surface area contributed by atoms with Crippen LogP contribution in [0.4, 0.5) is 11.4 Å². The van der Waals surface area contributed by atoms with Gasteiger partial charge in [-0.05, 0) is 32.9 Å². The fraction of sp³-hybridized carbons (Fsp3) is 0.200. The van der Waals surface area contributed by atoms with E-state index in [1.807, 2.05) is 39.0 Å². The Kier molecular flexibility index (Phi) is 3.03. The zero-order chi connectivity index (χ0) is 15.0. The van der Waals surface area contributed by atoms with E-state index >= 15 is 0 Å². The molecule has 2 aromatic heterocycles. The van der Waals surface area contributed by atoms with Crippen molar-refractivity contribution in [3.63, 3.8) is 0 Å². The minimum absolute atomic E-state index is 0.244. The Bertz CT molecular complexity index is 856. The predicted molar refractivity (Wildman–Crippen MR) is 78.2 cm³/mol. The third-order valence-electron chi connectivity index (χ3n) is 3.31. The van der Waals surface area contributed by atoms with Gasteiger partial charge in [-0.2, -0.15) is 5.26 Å². The quantitative estimate of drug-likeness (QED) is 0.775. The van der Waals surface area contributed by atoms with Crippen molar-refractivity contribution >= 4 is 22.3 Å². The smallest absolute Gasteiger partial charge is 0.187 e. The number of fused-ring (bicyclic) bond motifs is 1. The third kappa shape index (κ3) is 2.19. The largest absolute Gasteiger partial charge is 0.359 e. The number of rotatable bonds is 2. The second-order valence-corrected chi connectivity index (χ2v) is 4.88. The van der Waals surface area contributed by atoms with E-state index in [2.05, 4.69) is 26.7 Å². The molecule has 0 amide bonds. The molecule has 1 N–H and O–H groups in total. The van der Waals surface area contributed by atoms with Crippen molar-refractivity contribution in [2.24, 2.45) is 0 Å². The number of hydrogen-bond donors (Lipinski definition) is 1. The summed E-state index contributed by atoms with van der Waals surface area (Å²) in [6, 6.07) is 7.90. The van der Waals surface area contributed by atoms with Crippen LogP contribution in [-0.4, -0.2) is 15.4 Å². The highest BCUT2D eigenvalue weighted by molar-refractivity contribution is 5.95. The summed E-state index contributed by atoms with van der Waals surface area (Å²) < 4.78 is 5.15. The molecule has 0 saturated carbocycles. The summed E-state index contributed by atoms with van der Waals surface area (Å²) in [6.45, 7) is 5.65. The van der Waals surface area contributed by atoms with Crippen LogP contribution in [0, 0.1) is 32.1 Å². The fourth-order valence-corrected chi connectivity index (χ4v) is 2.21.